The molecule has 1 saturated carbocycles. The highest BCUT2D eigenvalue weighted by Gasteiger charge is 2.23. The van der Waals surface area contributed by atoms with E-state index in [4.69, 9.17) is 10.8 Å². The van der Waals surface area contributed by atoms with Crippen molar-refractivity contribution in [3.8, 4) is 11.8 Å². The zero-order valence-electron chi connectivity index (χ0n) is 16.7. The number of fused-ring (bicyclic) bond motifs is 1. The van der Waals surface area contributed by atoms with E-state index in [1.807, 2.05) is 0 Å². The zero-order valence-corrected chi connectivity index (χ0v) is 16.7. The van der Waals surface area contributed by atoms with E-state index in [-0.39, 0.29) is 28.2 Å². The van der Waals surface area contributed by atoms with Crippen LogP contribution in [0.15, 0.2) is 36.5 Å². The highest BCUT2D eigenvalue weighted by molar-refractivity contribution is 5.97. The van der Waals surface area contributed by atoms with Gasteiger partial charge in [0.2, 0.25) is 5.62 Å². The summed E-state index contributed by atoms with van der Waals surface area (Å²) in [7, 11) is 0. The highest BCUT2D eigenvalue weighted by atomic mass is 19.3. The van der Waals surface area contributed by atoms with Crippen LogP contribution in [0.1, 0.15) is 25.5 Å². The molecule has 0 saturated heterocycles. The standard InChI is InChI=1S/C22H19F3N6/c1-13(26)31-18-4-2-3-17(23)20(18)21(29-22(31)27)30(12-19(24)25)16-9-10-28-15(11-16)8-7-14-5-6-14/h2-4,9-11,14,19,26-27H,5-6,12H2,1H3. The number of nitrogens with one attached hydrogen (secondary N) is 2. The summed E-state index contributed by atoms with van der Waals surface area (Å²) >= 11 is 0. The van der Waals surface area contributed by atoms with Crippen molar-refractivity contribution < 1.29 is 13.2 Å². The molecule has 2 N–H and O–H groups in total. The Kier molecular flexibility index (Phi) is 5.46. The Morgan fingerprint density at radius 3 is 2.77 bits per heavy atom. The number of rotatable bonds is 4. The van der Waals surface area contributed by atoms with Gasteiger partial charge in [-0.25, -0.2) is 18.2 Å². The molecule has 0 radical (unpaired) electrons. The van der Waals surface area contributed by atoms with Crippen LogP contribution < -0.4 is 10.5 Å². The second-order valence-electron chi connectivity index (χ2n) is 7.26. The van der Waals surface area contributed by atoms with Crippen molar-refractivity contribution in [3.63, 3.8) is 0 Å². The Morgan fingerprint density at radius 2 is 2.10 bits per heavy atom. The predicted octanol–water partition coefficient (Wildman–Crippen LogP) is 4.06. The van der Waals surface area contributed by atoms with Crippen LogP contribution in [0.25, 0.3) is 10.9 Å². The number of benzene rings is 1. The van der Waals surface area contributed by atoms with Crippen molar-refractivity contribution in [3.05, 3.63) is 53.7 Å². The van der Waals surface area contributed by atoms with Crippen LogP contribution in [0.5, 0.6) is 0 Å². The van der Waals surface area contributed by atoms with Crippen LogP contribution in [-0.2, 0) is 0 Å². The van der Waals surface area contributed by atoms with E-state index in [0.717, 1.165) is 17.4 Å². The average molecular weight is 424 g/mol. The summed E-state index contributed by atoms with van der Waals surface area (Å²) < 4.78 is 43.1. The fraction of sp³-hybridized carbons (Fsp3) is 0.273. The van der Waals surface area contributed by atoms with Gasteiger partial charge in [0.1, 0.15) is 23.2 Å². The molecule has 9 heteroatoms. The van der Waals surface area contributed by atoms with Crippen LogP contribution in [-0.4, -0.2) is 33.3 Å². The monoisotopic (exact) mass is 424 g/mol. The molecule has 2 heterocycles. The van der Waals surface area contributed by atoms with Crippen molar-refractivity contribution in [2.45, 2.75) is 26.2 Å². The number of pyridine rings is 1. The number of hydrogen-bond donors (Lipinski definition) is 2. The van der Waals surface area contributed by atoms with Crippen LogP contribution in [0, 0.1) is 34.4 Å². The lowest BCUT2D eigenvalue weighted by Gasteiger charge is -2.26. The third-order valence-electron chi connectivity index (χ3n) is 4.83. The van der Waals surface area contributed by atoms with Crippen LogP contribution in [0.4, 0.5) is 24.7 Å². The molecule has 4 rings (SSSR count). The molecular formula is C22H19F3N6. The summed E-state index contributed by atoms with van der Waals surface area (Å²) in [5.41, 5.74) is 0.573. The maximum absolute atomic E-state index is 14.9. The molecule has 1 aromatic carbocycles. The molecule has 1 aliphatic rings. The van der Waals surface area contributed by atoms with E-state index in [1.165, 1.54) is 42.3 Å². The number of nitrogens with zero attached hydrogens (tertiary/aromatic N) is 4. The summed E-state index contributed by atoms with van der Waals surface area (Å²) in [6, 6.07) is 7.24. The lowest BCUT2D eigenvalue weighted by molar-refractivity contribution is 0.157. The van der Waals surface area contributed by atoms with Gasteiger partial charge >= 0.3 is 0 Å². The normalized spacial score (nSPS) is 13.2. The molecule has 0 atom stereocenters. The Bertz CT molecular complexity index is 1280. The Labute approximate surface area is 176 Å². The number of anilines is 2. The van der Waals surface area contributed by atoms with E-state index in [9.17, 15) is 13.2 Å². The second-order valence-corrected chi connectivity index (χ2v) is 7.26. The Balaban J connectivity index is 1.93. The summed E-state index contributed by atoms with van der Waals surface area (Å²) in [6.07, 6.45) is 0.795. The maximum Gasteiger partial charge on any atom is 0.256 e. The highest BCUT2D eigenvalue weighted by Crippen LogP contribution is 2.32. The number of alkyl halides is 2. The van der Waals surface area contributed by atoms with Gasteiger partial charge in [0, 0.05) is 17.8 Å². The van der Waals surface area contributed by atoms with Gasteiger partial charge in [-0.05, 0) is 50.0 Å². The molecule has 3 aromatic rings. The smallest absolute Gasteiger partial charge is 0.256 e. The summed E-state index contributed by atoms with van der Waals surface area (Å²) in [5.74, 6) is 5.53. The van der Waals surface area contributed by atoms with Crippen molar-refractivity contribution in [1.82, 2.24) is 14.5 Å². The molecule has 0 aliphatic heterocycles. The van der Waals surface area contributed by atoms with E-state index in [2.05, 4.69) is 21.8 Å². The summed E-state index contributed by atoms with van der Waals surface area (Å²) in [4.78, 5) is 9.46. The minimum Gasteiger partial charge on any atom is -0.320 e. The van der Waals surface area contributed by atoms with E-state index >= 15 is 0 Å². The zero-order chi connectivity index (χ0) is 22.1. The van der Waals surface area contributed by atoms with Gasteiger partial charge in [-0.15, -0.1) is 0 Å². The molecule has 1 fully saturated rings. The summed E-state index contributed by atoms with van der Waals surface area (Å²) in [5, 5.41) is 16.1. The lowest BCUT2D eigenvalue weighted by Crippen LogP contribution is -2.33. The van der Waals surface area contributed by atoms with Crippen LogP contribution >= 0.6 is 0 Å². The van der Waals surface area contributed by atoms with Gasteiger partial charge in [-0.2, -0.15) is 4.98 Å². The molecule has 0 unspecified atom stereocenters. The number of hydrogen-bond acceptors (Lipinski definition) is 5. The first-order chi connectivity index (χ1) is 14.8. The second kappa shape index (κ2) is 8.22. The molecule has 0 bridgehead atoms. The maximum atomic E-state index is 14.9. The fourth-order valence-electron chi connectivity index (χ4n) is 3.29. The number of halogens is 3. The molecule has 158 valence electrons. The third kappa shape index (κ3) is 4.28. The first-order valence-corrected chi connectivity index (χ1v) is 9.70. The average Bonchev–Trinajstić information content (AvgIpc) is 3.54. The third-order valence-corrected chi connectivity index (χ3v) is 4.83. The number of aromatic nitrogens is 3. The molecular weight excluding hydrogens is 405 g/mol. The van der Waals surface area contributed by atoms with E-state index < -0.39 is 18.8 Å². The van der Waals surface area contributed by atoms with E-state index in [1.54, 1.807) is 6.07 Å². The fourth-order valence-corrected chi connectivity index (χ4v) is 3.29. The predicted molar refractivity (Wildman–Crippen MR) is 111 cm³/mol. The van der Waals surface area contributed by atoms with E-state index in [0.29, 0.717) is 17.3 Å². The van der Waals surface area contributed by atoms with Gasteiger partial charge in [0.25, 0.3) is 6.43 Å². The Hall–Kier alpha value is -3.67. The van der Waals surface area contributed by atoms with Crippen molar-refractivity contribution in [1.29, 1.82) is 10.8 Å². The topological polar surface area (TPSA) is 81.7 Å². The summed E-state index contributed by atoms with van der Waals surface area (Å²) in [6.45, 7) is 0.678. The SMILES string of the molecule is CC(=N)n1c(=N)nc(N(CC(F)F)c2ccnc(C#CC3CC3)c2)c2c(F)cccc21. The van der Waals surface area contributed by atoms with Crippen molar-refractivity contribution in [2.24, 2.45) is 5.92 Å². The molecule has 0 spiro atoms. The molecule has 6 nitrogen and oxygen atoms in total. The van der Waals surface area contributed by atoms with Crippen LogP contribution in [0.2, 0.25) is 0 Å². The van der Waals surface area contributed by atoms with Gasteiger partial charge in [-0.3, -0.25) is 15.4 Å². The first kappa shape index (κ1) is 20.6. The van der Waals surface area contributed by atoms with Gasteiger partial charge in [0.15, 0.2) is 0 Å². The van der Waals surface area contributed by atoms with Gasteiger partial charge in [-0.1, -0.05) is 12.0 Å². The molecule has 31 heavy (non-hydrogen) atoms. The van der Waals surface area contributed by atoms with Crippen molar-refractivity contribution in [2.75, 3.05) is 11.4 Å². The Morgan fingerprint density at radius 1 is 1.32 bits per heavy atom. The minimum absolute atomic E-state index is 0.0402. The quantitative estimate of drug-likeness (QED) is 0.377. The molecule has 1 aliphatic carbocycles. The largest absolute Gasteiger partial charge is 0.320 e. The molecule has 2 aromatic heterocycles. The minimum atomic E-state index is -2.75. The first-order valence-electron chi connectivity index (χ1n) is 9.70. The lowest BCUT2D eigenvalue weighted by atomic mass is 10.2. The van der Waals surface area contributed by atoms with Gasteiger partial charge < -0.3 is 4.90 Å². The van der Waals surface area contributed by atoms with Crippen LogP contribution in [0.3, 0.4) is 0 Å². The van der Waals surface area contributed by atoms with Crippen molar-refractivity contribution >= 4 is 28.2 Å². The molecule has 0 amide bonds. The van der Waals surface area contributed by atoms with Gasteiger partial charge in [0.05, 0.1) is 17.4 Å².